The van der Waals surface area contributed by atoms with Gasteiger partial charge in [-0.3, -0.25) is 4.79 Å². The standard InChI is InChI=1S/C26H25F3N4O3/c1-17-22(14-20-9-6-10-21(13-20)36-26(27,28)29)18(2)33-24(32-17)23(15-31-33)25(34)30-11-12-35-16-19-7-4-3-5-8-19/h3-10,13,15H,11-12,14,16H2,1-2H3,(H,30,34). The predicted octanol–water partition coefficient (Wildman–Crippen LogP) is 4.78. The van der Waals surface area contributed by atoms with E-state index in [0.717, 1.165) is 16.8 Å². The van der Waals surface area contributed by atoms with Crippen LogP contribution < -0.4 is 10.1 Å². The fraction of sp³-hybridized carbons (Fsp3) is 0.269. The van der Waals surface area contributed by atoms with Gasteiger partial charge in [0.1, 0.15) is 11.3 Å². The number of ether oxygens (including phenoxy) is 2. The summed E-state index contributed by atoms with van der Waals surface area (Å²) in [6, 6.07) is 15.6. The molecule has 0 spiro atoms. The zero-order valence-corrected chi connectivity index (χ0v) is 19.8. The lowest BCUT2D eigenvalue weighted by Gasteiger charge is -2.13. The molecule has 2 aromatic heterocycles. The lowest BCUT2D eigenvalue weighted by Crippen LogP contribution is -2.27. The third-order valence-electron chi connectivity index (χ3n) is 5.61. The summed E-state index contributed by atoms with van der Waals surface area (Å²) < 4.78 is 48.9. The number of benzene rings is 2. The summed E-state index contributed by atoms with van der Waals surface area (Å²) in [6.07, 6.45) is -2.97. The maximum atomic E-state index is 12.7. The molecule has 2 heterocycles. The molecule has 0 aliphatic carbocycles. The fourth-order valence-electron chi connectivity index (χ4n) is 3.88. The van der Waals surface area contributed by atoms with Crippen molar-refractivity contribution >= 4 is 11.6 Å². The van der Waals surface area contributed by atoms with Crippen molar-refractivity contribution in [2.24, 2.45) is 0 Å². The number of carbonyl (C=O) groups is 1. The van der Waals surface area contributed by atoms with Crippen LogP contribution in [0.25, 0.3) is 5.65 Å². The predicted molar refractivity (Wildman–Crippen MR) is 127 cm³/mol. The van der Waals surface area contributed by atoms with Crippen LogP contribution in [0.2, 0.25) is 0 Å². The maximum absolute atomic E-state index is 12.7. The molecule has 0 radical (unpaired) electrons. The average molecular weight is 499 g/mol. The van der Waals surface area contributed by atoms with Gasteiger partial charge in [-0.05, 0) is 42.7 Å². The van der Waals surface area contributed by atoms with E-state index in [1.165, 1.54) is 24.4 Å². The first-order valence-corrected chi connectivity index (χ1v) is 11.3. The SMILES string of the molecule is Cc1nc2c(C(=O)NCCOCc3ccccc3)cnn2c(C)c1Cc1cccc(OC(F)(F)F)c1. The van der Waals surface area contributed by atoms with Crippen molar-refractivity contribution < 1.29 is 27.4 Å². The van der Waals surface area contributed by atoms with Gasteiger partial charge in [-0.1, -0.05) is 42.5 Å². The quantitative estimate of drug-likeness (QED) is 0.336. The van der Waals surface area contributed by atoms with E-state index in [2.05, 4.69) is 20.1 Å². The fourth-order valence-corrected chi connectivity index (χ4v) is 3.88. The molecule has 4 rings (SSSR count). The number of aryl methyl sites for hydroxylation is 2. The van der Waals surface area contributed by atoms with Crippen molar-refractivity contribution in [2.45, 2.75) is 33.2 Å². The number of amides is 1. The van der Waals surface area contributed by atoms with Crippen LogP contribution in [-0.4, -0.2) is 40.0 Å². The Bertz CT molecular complexity index is 1350. The Labute approximate surface area is 205 Å². The van der Waals surface area contributed by atoms with Gasteiger partial charge in [0.15, 0.2) is 5.65 Å². The molecule has 0 aliphatic rings. The number of halogens is 3. The van der Waals surface area contributed by atoms with Crippen molar-refractivity contribution in [1.29, 1.82) is 0 Å². The molecule has 1 N–H and O–H groups in total. The van der Waals surface area contributed by atoms with Crippen LogP contribution in [0.5, 0.6) is 5.75 Å². The summed E-state index contributed by atoms with van der Waals surface area (Å²) >= 11 is 0. The first-order chi connectivity index (χ1) is 17.2. The minimum Gasteiger partial charge on any atom is -0.406 e. The van der Waals surface area contributed by atoms with Crippen LogP contribution in [-0.2, 0) is 17.8 Å². The Morgan fingerprint density at radius 1 is 1.06 bits per heavy atom. The lowest BCUT2D eigenvalue weighted by molar-refractivity contribution is -0.274. The molecular formula is C26H25F3N4O3. The molecule has 36 heavy (non-hydrogen) atoms. The molecular weight excluding hydrogens is 473 g/mol. The Hall–Kier alpha value is -3.92. The second-order valence-corrected chi connectivity index (χ2v) is 8.22. The van der Waals surface area contributed by atoms with Gasteiger partial charge in [0, 0.05) is 24.4 Å². The molecule has 1 amide bonds. The number of nitrogens with zero attached hydrogens (tertiary/aromatic N) is 3. The smallest absolute Gasteiger partial charge is 0.406 e. The normalized spacial score (nSPS) is 11.6. The van der Waals surface area contributed by atoms with Gasteiger partial charge in [-0.15, -0.1) is 13.2 Å². The van der Waals surface area contributed by atoms with Crippen LogP contribution >= 0.6 is 0 Å². The van der Waals surface area contributed by atoms with E-state index in [9.17, 15) is 18.0 Å². The summed E-state index contributed by atoms with van der Waals surface area (Å²) in [4.78, 5) is 17.3. The van der Waals surface area contributed by atoms with Crippen molar-refractivity contribution in [3.63, 3.8) is 0 Å². The van der Waals surface area contributed by atoms with Gasteiger partial charge < -0.3 is 14.8 Å². The average Bonchev–Trinajstić information content (AvgIpc) is 3.25. The third-order valence-corrected chi connectivity index (χ3v) is 5.61. The number of carbonyl (C=O) groups excluding carboxylic acids is 1. The third kappa shape index (κ3) is 6.19. The van der Waals surface area contributed by atoms with Crippen LogP contribution in [0.4, 0.5) is 13.2 Å². The molecule has 188 valence electrons. The summed E-state index contributed by atoms with van der Waals surface area (Å²) in [6.45, 7) is 4.77. The van der Waals surface area contributed by atoms with Crippen LogP contribution in [0.3, 0.4) is 0 Å². The molecule has 4 aromatic rings. The molecule has 0 unspecified atom stereocenters. The van der Waals surface area contributed by atoms with Gasteiger partial charge in [-0.25, -0.2) is 9.50 Å². The lowest BCUT2D eigenvalue weighted by atomic mass is 10.0. The highest BCUT2D eigenvalue weighted by Gasteiger charge is 2.31. The molecule has 7 nitrogen and oxygen atoms in total. The first-order valence-electron chi connectivity index (χ1n) is 11.3. The van der Waals surface area contributed by atoms with E-state index in [0.29, 0.717) is 48.6 Å². The van der Waals surface area contributed by atoms with Gasteiger partial charge in [-0.2, -0.15) is 5.10 Å². The van der Waals surface area contributed by atoms with E-state index in [-0.39, 0.29) is 11.7 Å². The van der Waals surface area contributed by atoms with Crippen molar-refractivity contribution in [3.8, 4) is 5.75 Å². The van der Waals surface area contributed by atoms with E-state index in [4.69, 9.17) is 4.74 Å². The topological polar surface area (TPSA) is 77.8 Å². The molecule has 10 heteroatoms. The van der Waals surface area contributed by atoms with Gasteiger partial charge in [0.25, 0.3) is 5.91 Å². The molecule has 0 fully saturated rings. The maximum Gasteiger partial charge on any atom is 0.573 e. The largest absolute Gasteiger partial charge is 0.573 e. The zero-order chi connectivity index (χ0) is 25.7. The van der Waals surface area contributed by atoms with Gasteiger partial charge in [0.2, 0.25) is 0 Å². The number of aromatic nitrogens is 3. The minimum absolute atomic E-state index is 0.282. The van der Waals surface area contributed by atoms with Crippen LogP contribution in [0.15, 0.2) is 60.8 Å². The van der Waals surface area contributed by atoms with Crippen molar-refractivity contribution in [2.75, 3.05) is 13.2 Å². The van der Waals surface area contributed by atoms with Crippen molar-refractivity contribution in [1.82, 2.24) is 19.9 Å². The monoisotopic (exact) mass is 498 g/mol. The number of fused-ring (bicyclic) bond motifs is 1. The second kappa shape index (κ2) is 10.8. The Kier molecular flexibility index (Phi) is 7.54. The van der Waals surface area contributed by atoms with Crippen molar-refractivity contribution in [3.05, 3.63) is 94.4 Å². The highest BCUT2D eigenvalue weighted by atomic mass is 19.4. The number of hydrogen-bond donors (Lipinski definition) is 1. The molecule has 0 bridgehead atoms. The molecule has 2 aromatic carbocycles. The summed E-state index contributed by atoms with van der Waals surface area (Å²) in [5, 5.41) is 7.14. The molecule has 0 saturated carbocycles. The van der Waals surface area contributed by atoms with E-state index in [1.807, 2.05) is 37.3 Å². The first kappa shape index (κ1) is 25.2. The van der Waals surface area contributed by atoms with E-state index in [1.54, 1.807) is 17.5 Å². The summed E-state index contributed by atoms with van der Waals surface area (Å²) in [5.41, 5.74) is 4.62. The zero-order valence-electron chi connectivity index (χ0n) is 19.8. The van der Waals surface area contributed by atoms with Gasteiger partial charge >= 0.3 is 6.36 Å². The number of rotatable bonds is 9. The molecule has 0 atom stereocenters. The number of alkyl halides is 3. The van der Waals surface area contributed by atoms with Gasteiger partial charge in [0.05, 0.1) is 19.4 Å². The van der Waals surface area contributed by atoms with Crippen LogP contribution in [0.1, 0.15) is 38.4 Å². The summed E-state index contributed by atoms with van der Waals surface area (Å²) in [7, 11) is 0. The Balaban J connectivity index is 1.43. The Morgan fingerprint density at radius 2 is 1.81 bits per heavy atom. The second-order valence-electron chi connectivity index (χ2n) is 8.22. The highest BCUT2D eigenvalue weighted by molar-refractivity contribution is 5.99. The van der Waals surface area contributed by atoms with E-state index < -0.39 is 6.36 Å². The molecule has 0 aliphatic heterocycles. The Morgan fingerprint density at radius 3 is 2.56 bits per heavy atom. The number of hydrogen-bond acceptors (Lipinski definition) is 5. The number of nitrogens with one attached hydrogen (secondary N) is 1. The summed E-state index contributed by atoms with van der Waals surface area (Å²) in [5.74, 6) is -0.598. The highest BCUT2D eigenvalue weighted by Crippen LogP contribution is 2.26. The minimum atomic E-state index is -4.76. The van der Waals surface area contributed by atoms with E-state index >= 15 is 0 Å². The molecule has 0 saturated heterocycles. The van der Waals surface area contributed by atoms with Crippen LogP contribution in [0, 0.1) is 13.8 Å².